The molecule has 0 aromatic heterocycles. The predicted molar refractivity (Wildman–Crippen MR) is 112 cm³/mol. The van der Waals surface area contributed by atoms with Crippen molar-refractivity contribution < 1.29 is 19.4 Å². The SMILES string of the molecule is CCNC(=NCC1(CCO)CCOC1)NCC(NC(=O)OC(C)(C)C)C(C)C. The molecular weight excluding hydrogens is 360 g/mol. The van der Waals surface area contributed by atoms with Gasteiger partial charge >= 0.3 is 6.09 Å². The molecule has 0 saturated carbocycles. The molecule has 1 heterocycles. The Hall–Kier alpha value is -1.54. The monoisotopic (exact) mass is 400 g/mol. The summed E-state index contributed by atoms with van der Waals surface area (Å²) < 4.78 is 10.9. The van der Waals surface area contributed by atoms with E-state index in [-0.39, 0.29) is 24.0 Å². The maximum atomic E-state index is 12.1. The van der Waals surface area contributed by atoms with Crippen LogP contribution < -0.4 is 16.0 Å². The molecular formula is C20H40N4O4. The third-order valence-corrected chi connectivity index (χ3v) is 4.74. The normalized spacial score (nSPS) is 21.5. The van der Waals surface area contributed by atoms with Gasteiger partial charge in [0, 0.05) is 31.7 Å². The number of hydrogen-bond acceptors (Lipinski definition) is 5. The van der Waals surface area contributed by atoms with Gasteiger partial charge in [0.15, 0.2) is 5.96 Å². The lowest BCUT2D eigenvalue weighted by Gasteiger charge is -2.27. The fourth-order valence-corrected chi connectivity index (χ4v) is 3.00. The van der Waals surface area contributed by atoms with E-state index in [1.54, 1.807) is 0 Å². The second kappa shape index (κ2) is 11.5. The molecule has 1 aliphatic heterocycles. The third-order valence-electron chi connectivity index (χ3n) is 4.74. The summed E-state index contributed by atoms with van der Waals surface area (Å²) in [6, 6.07) is -0.0973. The van der Waals surface area contributed by atoms with Crippen molar-refractivity contribution in [2.75, 3.05) is 39.5 Å². The van der Waals surface area contributed by atoms with Crippen LogP contribution in [0, 0.1) is 11.3 Å². The Bertz CT molecular complexity index is 497. The van der Waals surface area contributed by atoms with Crippen molar-refractivity contribution in [2.24, 2.45) is 16.3 Å². The molecule has 2 unspecified atom stereocenters. The van der Waals surface area contributed by atoms with Crippen molar-refractivity contribution >= 4 is 12.1 Å². The Morgan fingerprint density at radius 1 is 1.32 bits per heavy atom. The lowest BCUT2D eigenvalue weighted by molar-refractivity contribution is 0.0491. The van der Waals surface area contributed by atoms with Gasteiger partial charge < -0.3 is 30.5 Å². The molecule has 1 aliphatic rings. The number of amides is 1. The molecule has 4 N–H and O–H groups in total. The molecule has 8 heteroatoms. The minimum atomic E-state index is -0.528. The highest BCUT2D eigenvalue weighted by atomic mass is 16.6. The number of ether oxygens (including phenoxy) is 2. The molecule has 164 valence electrons. The molecule has 0 radical (unpaired) electrons. The van der Waals surface area contributed by atoms with Gasteiger partial charge in [0.25, 0.3) is 0 Å². The van der Waals surface area contributed by atoms with E-state index in [1.807, 2.05) is 27.7 Å². The first kappa shape index (κ1) is 24.5. The zero-order valence-electron chi connectivity index (χ0n) is 18.4. The van der Waals surface area contributed by atoms with Crippen molar-refractivity contribution in [1.29, 1.82) is 0 Å². The average Bonchev–Trinajstić information content (AvgIpc) is 3.03. The summed E-state index contributed by atoms with van der Waals surface area (Å²) in [7, 11) is 0. The average molecular weight is 401 g/mol. The highest BCUT2D eigenvalue weighted by Crippen LogP contribution is 2.32. The van der Waals surface area contributed by atoms with Crippen LogP contribution in [-0.4, -0.2) is 68.3 Å². The van der Waals surface area contributed by atoms with Crippen molar-refractivity contribution in [2.45, 2.75) is 66.0 Å². The van der Waals surface area contributed by atoms with Crippen LogP contribution in [-0.2, 0) is 9.47 Å². The van der Waals surface area contributed by atoms with Crippen LogP contribution in [0.5, 0.6) is 0 Å². The summed E-state index contributed by atoms with van der Waals surface area (Å²) in [4.78, 5) is 16.8. The number of carbonyl (C=O) groups excluding carboxylic acids is 1. The third kappa shape index (κ3) is 9.10. The summed E-state index contributed by atoms with van der Waals surface area (Å²) in [5.41, 5.74) is -0.622. The number of nitrogens with one attached hydrogen (secondary N) is 3. The summed E-state index contributed by atoms with van der Waals surface area (Å²) in [5.74, 6) is 0.926. The number of hydrogen-bond donors (Lipinski definition) is 4. The van der Waals surface area contributed by atoms with Crippen LogP contribution in [0.25, 0.3) is 0 Å². The molecule has 1 fully saturated rings. The first-order chi connectivity index (χ1) is 13.1. The molecule has 1 rings (SSSR count). The van der Waals surface area contributed by atoms with Crippen LogP contribution >= 0.6 is 0 Å². The minimum Gasteiger partial charge on any atom is -0.444 e. The highest BCUT2D eigenvalue weighted by molar-refractivity contribution is 5.80. The smallest absolute Gasteiger partial charge is 0.407 e. The van der Waals surface area contributed by atoms with E-state index < -0.39 is 11.7 Å². The number of alkyl carbamates (subject to hydrolysis) is 1. The molecule has 0 aliphatic carbocycles. The molecule has 0 bridgehead atoms. The van der Waals surface area contributed by atoms with Crippen molar-refractivity contribution in [3.05, 3.63) is 0 Å². The van der Waals surface area contributed by atoms with E-state index in [4.69, 9.17) is 14.5 Å². The molecule has 1 saturated heterocycles. The quantitative estimate of drug-likeness (QED) is 0.348. The molecule has 0 aromatic carbocycles. The maximum absolute atomic E-state index is 12.1. The first-order valence-electron chi connectivity index (χ1n) is 10.3. The van der Waals surface area contributed by atoms with Gasteiger partial charge in [-0.1, -0.05) is 13.8 Å². The lowest BCUT2D eigenvalue weighted by Crippen LogP contribution is -2.50. The fraction of sp³-hybridized carbons (Fsp3) is 0.900. The zero-order valence-corrected chi connectivity index (χ0v) is 18.4. The van der Waals surface area contributed by atoms with Gasteiger partial charge in [0.1, 0.15) is 5.60 Å². The Labute approximate surface area is 169 Å². The van der Waals surface area contributed by atoms with E-state index in [9.17, 15) is 9.90 Å². The molecule has 1 amide bonds. The van der Waals surface area contributed by atoms with Gasteiger partial charge in [0.05, 0.1) is 19.2 Å². The van der Waals surface area contributed by atoms with Crippen molar-refractivity contribution in [3.63, 3.8) is 0 Å². The fourth-order valence-electron chi connectivity index (χ4n) is 3.00. The van der Waals surface area contributed by atoms with E-state index in [0.717, 1.165) is 13.0 Å². The number of aliphatic hydroxyl groups is 1. The standard InChI is InChI=1S/C20H40N4O4/c1-7-21-17(23-13-20(8-10-25)9-11-27-14-20)22-12-16(15(2)3)24-18(26)28-19(4,5)6/h15-16,25H,7-14H2,1-6H3,(H,24,26)(H2,21,22,23). The Morgan fingerprint density at radius 3 is 2.54 bits per heavy atom. The summed E-state index contributed by atoms with van der Waals surface area (Å²) >= 11 is 0. The Morgan fingerprint density at radius 2 is 2.04 bits per heavy atom. The first-order valence-corrected chi connectivity index (χ1v) is 10.3. The predicted octanol–water partition coefficient (Wildman–Crippen LogP) is 1.88. The van der Waals surface area contributed by atoms with Crippen LogP contribution in [0.1, 0.15) is 54.4 Å². The molecule has 0 spiro atoms. The number of aliphatic imine (C=N–C) groups is 1. The lowest BCUT2D eigenvalue weighted by atomic mass is 9.84. The minimum absolute atomic E-state index is 0.0939. The number of nitrogens with zero attached hydrogens (tertiary/aromatic N) is 1. The second-order valence-corrected chi connectivity index (χ2v) is 8.85. The number of aliphatic hydroxyl groups excluding tert-OH is 1. The number of rotatable bonds is 9. The largest absolute Gasteiger partial charge is 0.444 e. The van der Waals surface area contributed by atoms with Crippen LogP contribution in [0.4, 0.5) is 4.79 Å². The summed E-state index contributed by atoms with van der Waals surface area (Å²) in [6.45, 7) is 15.0. The van der Waals surface area contributed by atoms with Gasteiger partial charge in [0.2, 0.25) is 0 Å². The summed E-state index contributed by atoms with van der Waals surface area (Å²) in [5, 5.41) is 18.9. The van der Waals surface area contributed by atoms with Crippen LogP contribution in [0.15, 0.2) is 4.99 Å². The Kier molecular flexibility index (Phi) is 10.0. The van der Waals surface area contributed by atoms with Gasteiger partial charge in [-0.05, 0) is 46.5 Å². The molecule has 8 nitrogen and oxygen atoms in total. The van der Waals surface area contributed by atoms with E-state index in [2.05, 4.69) is 29.8 Å². The topological polar surface area (TPSA) is 104 Å². The maximum Gasteiger partial charge on any atom is 0.407 e. The van der Waals surface area contributed by atoms with Gasteiger partial charge in [-0.15, -0.1) is 0 Å². The summed E-state index contributed by atoms with van der Waals surface area (Å²) in [6.07, 6.45) is 1.18. The van der Waals surface area contributed by atoms with Gasteiger partial charge in [-0.3, -0.25) is 4.99 Å². The Balaban J connectivity index is 2.68. The van der Waals surface area contributed by atoms with E-state index in [1.165, 1.54) is 0 Å². The van der Waals surface area contributed by atoms with Gasteiger partial charge in [-0.2, -0.15) is 0 Å². The second-order valence-electron chi connectivity index (χ2n) is 8.85. The molecule has 2 atom stereocenters. The van der Waals surface area contributed by atoms with Crippen LogP contribution in [0.2, 0.25) is 0 Å². The zero-order chi connectivity index (χ0) is 21.2. The van der Waals surface area contributed by atoms with Crippen molar-refractivity contribution in [3.8, 4) is 0 Å². The van der Waals surface area contributed by atoms with Gasteiger partial charge in [-0.25, -0.2) is 4.79 Å². The number of carbonyl (C=O) groups is 1. The van der Waals surface area contributed by atoms with Crippen LogP contribution in [0.3, 0.4) is 0 Å². The van der Waals surface area contributed by atoms with E-state index >= 15 is 0 Å². The highest BCUT2D eigenvalue weighted by Gasteiger charge is 2.34. The number of guanidine groups is 1. The molecule has 0 aromatic rings. The molecule has 28 heavy (non-hydrogen) atoms. The van der Waals surface area contributed by atoms with Crippen molar-refractivity contribution in [1.82, 2.24) is 16.0 Å². The van der Waals surface area contributed by atoms with E-state index in [0.29, 0.717) is 38.7 Å².